The van der Waals surface area contributed by atoms with Crippen molar-refractivity contribution in [3.8, 4) is 78.9 Å². The molecule has 2 aromatic heterocycles. The van der Waals surface area contributed by atoms with Crippen LogP contribution in [0.5, 0.6) is 0 Å². The second kappa shape index (κ2) is 13.1. The number of benzene rings is 8. The fraction of sp³-hybridized carbons (Fsp3) is 0.0182. The molecule has 0 saturated heterocycles. The number of hydrogen-bond donors (Lipinski definition) is 0. The highest BCUT2D eigenvalue weighted by Crippen LogP contribution is 2.64. The van der Waals surface area contributed by atoms with Gasteiger partial charge in [0.1, 0.15) is 0 Å². The van der Waals surface area contributed by atoms with E-state index in [9.17, 15) is 0 Å². The molecule has 0 radical (unpaired) electrons. The van der Waals surface area contributed by atoms with Crippen LogP contribution in [-0.2, 0) is 5.41 Å². The van der Waals surface area contributed by atoms with E-state index in [0.717, 1.165) is 50.2 Å². The first-order valence-electron chi connectivity index (χ1n) is 20.1. The Morgan fingerprint density at radius 1 is 0.271 bits per heavy atom. The minimum atomic E-state index is -0.471. The first-order chi connectivity index (χ1) is 29.3. The van der Waals surface area contributed by atoms with Crippen molar-refractivity contribution in [1.29, 1.82) is 0 Å². The molecule has 4 nitrogen and oxygen atoms in total. The molecule has 1 spiro atoms. The van der Waals surface area contributed by atoms with Gasteiger partial charge in [0.2, 0.25) is 0 Å². The zero-order valence-corrected chi connectivity index (χ0v) is 31.9. The number of hydrogen-bond acceptors (Lipinski definition) is 4. The van der Waals surface area contributed by atoms with Gasteiger partial charge < -0.3 is 0 Å². The standard InChI is InChI=1S/C55H34N4/c1-3-16-35(17-4-1)39-20-15-21-40(34-39)54-58-52(37-18-5-2-6-19-37)57-53(59-54)38-32-30-36(31-33-38)50-44-25-8-7-24-43(44)49-51(56-50)45-26-11-14-29-48(45)55(49)46-27-12-9-22-41(46)42-23-10-13-28-47(42)55/h1-34H. The van der Waals surface area contributed by atoms with Gasteiger partial charge in [-0.3, -0.25) is 0 Å². The van der Waals surface area contributed by atoms with E-state index >= 15 is 0 Å². The van der Waals surface area contributed by atoms with Gasteiger partial charge in [0.25, 0.3) is 0 Å². The molecule has 0 aliphatic heterocycles. The van der Waals surface area contributed by atoms with Gasteiger partial charge >= 0.3 is 0 Å². The molecule has 0 unspecified atom stereocenters. The molecule has 2 heterocycles. The molecule has 0 atom stereocenters. The maximum Gasteiger partial charge on any atom is 0.164 e. The summed E-state index contributed by atoms with van der Waals surface area (Å²) in [5.41, 5.74) is 16.5. The highest BCUT2D eigenvalue weighted by Gasteiger charge is 2.53. The zero-order valence-electron chi connectivity index (χ0n) is 31.9. The SMILES string of the molecule is c1ccc(-c2cccc(-c3nc(-c4ccccc4)nc(-c4ccc(-c5nc6c(c7ccccc57)C5(c7ccccc7-c7ccccc75)c5ccccc5-6)cc4)n3)c2)cc1. The van der Waals surface area contributed by atoms with Crippen molar-refractivity contribution >= 4 is 10.8 Å². The van der Waals surface area contributed by atoms with Crippen molar-refractivity contribution in [2.75, 3.05) is 0 Å². The molecule has 59 heavy (non-hydrogen) atoms. The smallest absolute Gasteiger partial charge is 0.164 e. The van der Waals surface area contributed by atoms with Crippen LogP contribution in [-0.4, -0.2) is 19.9 Å². The highest BCUT2D eigenvalue weighted by atomic mass is 15.0. The van der Waals surface area contributed by atoms with Crippen molar-refractivity contribution in [3.63, 3.8) is 0 Å². The summed E-state index contributed by atoms with van der Waals surface area (Å²) in [6.45, 7) is 0. The van der Waals surface area contributed by atoms with Crippen LogP contribution in [0.25, 0.3) is 89.7 Å². The lowest BCUT2D eigenvalue weighted by molar-refractivity contribution is 0.799. The summed E-state index contributed by atoms with van der Waals surface area (Å²) >= 11 is 0. The molecule has 0 saturated carbocycles. The summed E-state index contributed by atoms with van der Waals surface area (Å²) in [5.74, 6) is 1.88. The summed E-state index contributed by atoms with van der Waals surface area (Å²) in [5, 5.41) is 2.34. The van der Waals surface area contributed by atoms with Crippen LogP contribution in [0.4, 0.5) is 0 Å². The second-order valence-corrected chi connectivity index (χ2v) is 15.3. The molecule has 8 aromatic carbocycles. The van der Waals surface area contributed by atoms with Gasteiger partial charge in [0, 0.05) is 38.8 Å². The quantitative estimate of drug-likeness (QED) is 0.176. The minimum absolute atomic E-state index is 0.471. The van der Waals surface area contributed by atoms with Crippen LogP contribution < -0.4 is 0 Å². The third kappa shape index (κ3) is 5.03. The minimum Gasteiger partial charge on any atom is -0.247 e. The number of rotatable bonds is 5. The predicted molar refractivity (Wildman–Crippen MR) is 239 cm³/mol. The van der Waals surface area contributed by atoms with E-state index in [2.05, 4.69) is 170 Å². The molecular formula is C55H34N4. The summed E-state index contributed by atoms with van der Waals surface area (Å²) in [7, 11) is 0. The molecule has 0 fully saturated rings. The lowest BCUT2D eigenvalue weighted by atomic mass is 9.69. The maximum atomic E-state index is 5.66. The number of fused-ring (bicyclic) bond motifs is 12. The van der Waals surface area contributed by atoms with Crippen molar-refractivity contribution in [2.45, 2.75) is 5.41 Å². The van der Waals surface area contributed by atoms with Crippen molar-refractivity contribution in [2.24, 2.45) is 0 Å². The van der Waals surface area contributed by atoms with Gasteiger partial charge in [0.15, 0.2) is 17.5 Å². The molecule has 10 aromatic rings. The van der Waals surface area contributed by atoms with Gasteiger partial charge in [-0.15, -0.1) is 0 Å². The van der Waals surface area contributed by atoms with Crippen LogP contribution in [0.1, 0.15) is 22.3 Å². The molecule has 274 valence electrons. The van der Waals surface area contributed by atoms with E-state index in [0.29, 0.717) is 17.5 Å². The average Bonchev–Trinajstić information content (AvgIpc) is 3.79. The molecular weight excluding hydrogens is 717 g/mol. The fourth-order valence-electron chi connectivity index (χ4n) is 9.60. The largest absolute Gasteiger partial charge is 0.247 e. The monoisotopic (exact) mass is 750 g/mol. The zero-order chi connectivity index (χ0) is 38.9. The lowest BCUT2D eigenvalue weighted by Crippen LogP contribution is -2.26. The van der Waals surface area contributed by atoms with E-state index in [1.54, 1.807) is 0 Å². The van der Waals surface area contributed by atoms with Gasteiger partial charge in [-0.25, -0.2) is 19.9 Å². The van der Waals surface area contributed by atoms with Crippen LogP contribution >= 0.6 is 0 Å². The van der Waals surface area contributed by atoms with E-state index in [4.69, 9.17) is 19.9 Å². The van der Waals surface area contributed by atoms with Gasteiger partial charge in [-0.05, 0) is 50.4 Å². The third-order valence-electron chi connectivity index (χ3n) is 12.1. The van der Waals surface area contributed by atoms with Crippen molar-refractivity contribution in [3.05, 3.63) is 229 Å². The molecule has 2 aliphatic rings. The van der Waals surface area contributed by atoms with E-state index in [-0.39, 0.29) is 0 Å². The lowest BCUT2D eigenvalue weighted by Gasteiger charge is -2.31. The number of aromatic nitrogens is 4. The Morgan fingerprint density at radius 2 is 0.712 bits per heavy atom. The topological polar surface area (TPSA) is 51.6 Å². The molecule has 4 heteroatoms. The van der Waals surface area contributed by atoms with Gasteiger partial charge in [-0.1, -0.05) is 200 Å². The molecule has 12 rings (SSSR count). The first-order valence-corrected chi connectivity index (χ1v) is 20.1. The first kappa shape index (κ1) is 33.3. The Kier molecular flexibility index (Phi) is 7.41. The summed E-state index contributed by atoms with van der Waals surface area (Å²) in [4.78, 5) is 20.8. The third-order valence-corrected chi connectivity index (χ3v) is 12.1. The molecule has 0 N–H and O–H groups in total. The molecule has 0 bridgehead atoms. The normalized spacial score (nSPS) is 12.9. The van der Waals surface area contributed by atoms with Crippen LogP contribution in [0.3, 0.4) is 0 Å². The Labute approximate surface area is 342 Å². The fourth-order valence-corrected chi connectivity index (χ4v) is 9.60. The van der Waals surface area contributed by atoms with Crippen LogP contribution in [0.2, 0.25) is 0 Å². The number of nitrogens with zero attached hydrogens (tertiary/aromatic N) is 4. The maximum absolute atomic E-state index is 5.66. The highest BCUT2D eigenvalue weighted by molar-refractivity contribution is 6.06. The number of pyridine rings is 1. The van der Waals surface area contributed by atoms with Crippen molar-refractivity contribution < 1.29 is 0 Å². The van der Waals surface area contributed by atoms with Crippen LogP contribution in [0, 0.1) is 0 Å². The van der Waals surface area contributed by atoms with Crippen molar-refractivity contribution in [1.82, 2.24) is 19.9 Å². The Bertz CT molecular complexity index is 3220. The average molecular weight is 751 g/mol. The summed E-state index contributed by atoms with van der Waals surface area (Å²) in [6.07, 6.45) is 0. The van der Waals surface area contributed by atoms with E-state index < -0.39 is 5.41 Å². The summed E-state index contributed by atoms with van der Waals surface area (Å²) in [6, 6.07) is 73.0. The Balaban J connectivity index is 1.02. The van der Waals surface area contributed by atoms with Gasteiger partial charge in [0.05, 0.1) is 16.8 Å². The second-order valence-electron chi connectivity index (χ2n) is 15.3. The Hall–Kier alpha value is -7.82. The van der Waals surface area contributed by atoms with E-state index in [1.165, 1.54) is 44.3 Å². The van der Waals surface area contributed by atoms with Gasteiger partial charge in [-0.2, -0.15) is 0 Å². The molecule has 0 amide bonds. The van der Waals surface area contributed by atoms with Crippen LogP contribution in [0.15, 0.2) is 206 Å². The van der Waals surface area contributed by atoms with E-state index in [1.807, 2.05) is 36.4 Å². The molecule has 2 aliphatic carbocycles. The predicted octanol–water partition coefficient (Wildman–Crippen LogP) is 13.1. The Morgan fingerprint density at radius 3 is 1.36 bits per heavy atom. The summed E-state index contributed by atoms with van der Waals surface area (Å²) < 4.78 is 0.